The molecule has 0 heterocycles. The summed E-state index contributed by atoms with van der Waals surface area (Å²) in [4.78, 5) is 12.3. The Balaban J connectivity index is 0.00000161. The highest BCUT2D eigenvalue weighted by Gasteiger charge is 2.48. The Bertz CT molecular complexity index is 518. The minimum atomic E-state index is -0.257. The predicted octanol–water partition coefficient (Wildman–Crippen LogP) is 2.59. The van der Waals surface area contributed by atoms with Crippen molar-refractivity contribution in [2.24, 2.45) is 17.6 Å². The Morgan fingerprint density at radius 1 is 1.38 bits per heavy atom. The number of hydrogen-bond donors (Lipinski definition) is 2. The van der Waals surface area contributed by atoms with E-state index < -0.39 is 0 Å². The maximum Gasteiger partial charge on any atom is 0.224 e. The molecule has 3 unspecified atom stereocenters. The SMILES string of the molecule is CC(CN)(NC(=O)C1CC1c1ccc(F)cc1)C1CC1.Cl. The summed E-state index contributed by atoms with van der Waals surface area (Å²) in [6, 6.07) is 6.46. The number of nitrogens with one attached hydrogen (secondary N) is 1. The average molecular weight is 313 g/mol. The van der Waals surface area contributed by atoms with Gasteiger partial charge in [-0.2, -0.15) is 0 Å². The topological polar surface area (TPSA) is 55.1 Å². The van der Waals surface area contributed by atoms with Crippen LogP contribution in [0.2, 0.25) is 0 Å². The fraction of sp³-hybridized carbons (Fsp3) is 0.562. The van der Waals surface area contributed by atoms with Crippen molar-refractivity contribution in [2.45, 2.75) is 37.6 Å². The summed E-state index contributed by atoms with van der Waals surface area (Å²) in [6.45, 7) is 2.52. The molecule has 5 heteroatoms. The first-order chi connectivity index (χ1) is 9.53. The van der Waals surface area contributed by atoms with Gasteiger partial charge in [0.1, 0.15) is 5.82 Å². The van der Waals surface area contributed by atoms with Gasteiger partial charge in [-0.25, -0.2) is 4.39 Å². The minimum absolute atomic E-state index is 0. The van der Waals surface area contributed by atoms with Crippen molar-refractivity contribution in [3.63, 3.8) is 0 Å². The Morgan fingerprint density at radius 2 is 2.00 bits per heavy atom. The summed E-state index contributed by atoms with van der Waals surface area (Å²) >= 11 is 0. The van der Waals surface area contributed by atoms with E-state index in [-0.39, 0.29) is 41.5 Å². The van der Waals surface area contributed by atoms with E-state index >= 15 is 0 Å². The molecule has 1 aromatic carbocycles. The third-order valence-corrected chi connectivity index (χ3v) is 4.74. The molecule has 2 fully saturated rings. The standard InChI is InChI=1S/C16H21FN2O.ClH/c1-16(9-18,11-4-5-11)19-15(20)14-8-13(14)10-2-6-12(17)7-3-10;/h2-3,6-7,11,13-14H,4-5,8-9,18H2,1H3,(H,19,20);1H. The zero-order chi connectivity index (χ0) is 14.3. The number of rotatable bonds is 5. The summed E-state index contributed by atoms with van der Waals surface area (Å²) in [5, 5.41) is 3.14. The number of hydrogen-bond acceptors (Lipinski definition) is 2. The molecule has 3 nitrogen and oxygen atoms in total. The molecule has 0 saturated heterocycles. The second-order valence-electron chi connectivity index (χ2n) is 6.39. The molecule has 0 bridgehead atoms. The smallest absolute Gasteiger partial charge is 0.224 e. The van der Waals surface area contributed by atoms with E-state index in [1.165, 1.54) is 12.1 Å². The fourth-order valence-corrected chi connectivity index (χ4v) is 2.98. The first kappa shape index (κ1) is 16.2. The van der Waals surface area contributed by atoms with Crippen LogP contribution in [0.1, 0.15) is 37.7 Å². The van der Waals surface area contributed by atoms with E-state index in [1.54, 1.807) is 12.1 Å². The molecule has 0 spiro atoms. The van der Waals surface area contributed by atoms with Crippen molar-refractivity contribution in [3.8, 4) is 0 Å². The predicted molar refractivity (Wildman–Crippen MR) is 82.8 cm³/mol. The van der Waals surface area contributed by atoms with Gasteiger partial charge >= 0.3 is 0 Å². The van der Waals surface area contributed by atoms with E-state index in [0.29, 0.717) is 12.5 Å². The van der Waals surface area contributed by atoms with Gasteiger partial charge in [-0.3, -0.25) is 4.79 Å². The molecule has 21 heavy (non-hydrogen) atoms. The van der Waals surface area contributed by atoms with Gasteiger partial charge in [-0.15, -0.1) is 12.4 Å². The van der Waals surface area contributed by atoms with Crippen molar-refractivity contribution in [1.82, 2.24) is 5.32 Å². The molecule has 3 rings (SSSR count). The van der Waals surface area contributed by atoms with Crippen LogP contribution in [0.15, 0.2) is 24.3 Å². The Labute approximate surface area is 130 Å². The van der Waals surface area contributed by atoms with E-state index in [4.69, 9.17) is 5.73 Å². The zero-order valence-electron chi connectivity index (χ0n) is 12.1. The summed E-state index contributed by atoms with van der Waals surface area (Å²) in [7, 11) is 0. The maximum absolute atomic E-state index is 12.9. The molecule has 116 valence electrons. The van der Waals surface area contributed by atoms with E-state index in [1.807, 2.05) is 6.92 Å². The second-order valence-corrected chi connectivity index (χ2v) is 6.39. The lowest BCUT2D eigenvalue weighted by Crippen LogP contribution is -2.53. The molecule has 2 aliphatic rings. The van der Waals surface area contributed by atoms with Crippen LogP contribution in [0.5, 0.6) is 0 Å². The molecule has 2 saturated carbocycles. The van der Waals surface area contributed by atoms with Gasteiger partial charge in [0.2, 0.25) is 5.91 Å². The van der Waals surface area contributed by atoms with Gasteiger partial charge in [-0.05, 0) is 55.7 Å². The summed E-state index contributed by atoms with van der Waals surface area (Å²) in [5.74, 6) is 0.639. The van der Waals surface area contributed by atoms with Crippen LogP contribution in [-0.4, -0.2) is 18.0 Å². The van der Waals surface area contributed by atoms with Gasteiger partial charge in [-0.1, -0.05) is 12.1 Å². The molecule has 0 radical (unpaired) electrons. The molecular weight excluding hydrogens is 291 g/mol. The molecule has 0 aliphatic heterocycles. The molecular formula is C16H22ClFN2O. The summed E-state index contributed by atoms with van der Waals surface area (Å²) in [6.07, 6.45) is 3.16. The lowest BCUT2D eigenvalue weighted by atomic mass is 9.95. The van der Waals surface area contributed by atoms with Gasteiger partial charge in [0.15, 0.2) is 0 Å². The van der Waals surface area contributed by atoms with Crippen molar-refractivity contribution in [1.29, 1.82) is 0 Å². The fourth-order valence-electron chi connectivity index (χ4n) is 2.98. The van der Waals surface area contributed by atoms with Gasteiger partial charge in [0, 0.05) is 12.5 Å². The second kappa shape index (κ2) is 5.93. The number of halogens is 2. The summed E-state index contributed by atoms with van der Waals surface area (Å²) in [5.41, 5.74) is 6.61. The minimum Gasteiger partial charge on any atom is -0.349 e. The Morgan fingerprint density at radius 3 is 2.52 bits per heavy atom. The highest BCUT2D eigenvalue weighted by Crippen LogP contribution is 2.48. The van der Waals surface area contributed by atoms with Gasteiger partial charge in [0.05, 0.1) is 5.54 Å². The number of carbonyl (C=O) groups is 1. The number of nitrogens with two attached hydrogens (primary N) is 1. The highest BCUT2D eigenvalue weighted by molar-refractivity contribution is 5.85. The van der Waals surface area contributed by atoms with Gasteiger partial charge in [0.25, 0.3) is 0 Å². The van der Waals surface area contributed by atoms with Crippen LogP contribution < -0.4 is 11.1 Å². The largest absolute Gasteiger partial charge is 0.349 e. The van der Waals surface area contributed by atoms with E-state index in [2.05, 4.69) is 5.32 Å². The van der Waals surface area contributed by atoms with Gasteiger partial charge < -0.3 is 11.1 Å². The Hall–Kier alpha value is -1.13. The van der Waals surface area contributed by atoms with Crippen LogP contribution >= 0.6 is 12.4 Å². The summed E-state index contributed by atoms with van der Waals surface area (Å²) < 4.78 is 12.9. The molecule has 2 aliphatic carbocycles. The molecule has 1 amide bonds. The van der Waals surface area contributed by atoms with Crippen LogP contribution in [-0.2, 0) is 4.79 Å². The molecule has 3 atom stereocenters. The lowest BCUT2D eigenvalue weighted by Gasteiger charge is -2.29. The lowest BCUT2D eigenvalue weighted by molar-refractivity contribution is -0.124. The highest BCUT2D eigenvalue weighted by atomic mass is 35.5. The number of benzene rings is 1. The first-order valence-electron chi connectivity index (χ1n) is 7.31. The van der Waals surface area contributed by atoms with E-state index in [0.717, 1.165) is 24.8 Å². The zero-order valence-corrected chi connectivity index (χ0v) is 13.0. The number of amides is 1. The third kappa shape index (κ3) is 3.38. The normalized spacial score (nSPS) is 26.4. The monoisotopic (exact) mass is 312 g/mol. The molecule has 0 aromatic heterocycles. The number of carbonyl (C=O) groups excluding carboxylic acids is 1. The van der Waals surface area contributed by atoms with Crippen LogP contribution in [0.4, 0.5) is 4.39 Å². The molecule has 1 aromatic rings. The van der Waals surface area contributed by atoms with E-state index in [9.17, 15) is 9.18 Å². The average Bonchev–Trinajstić information content (AvgIpc) is 3.29. The van der Waals surface area contributed by atoms with Crippen molar-refractivity contribution >= 4 is 18.3 Å². The quantitative estimate of drug-likeness (QED) is 0.878. The first-order valence-corrected chi connectivity index (χ1v) is 7.31. The van der Waals surface area contributed by atoms with Crippen molar-refractivity contribution in [3.05, 3.63) is 35.6 Å². The molecule has 3 N–H and O–H groups in total. The van der Waals surface area contributed by atoms with Crippen molar-refractivity contribution in [2.75, 3.05) is 6.54 Å². The maximum atomic E-state index is 12.9. The van der Waals surface area contributed by atoms with Crippen LogP contribution in [0.3, 0.4) is 0 Å². The van der Waals surface area contributed by atoms with Crippen LogP contribution in [0, 0.1) is 17.7 Å². The van der Waals surface area contributed by atoms with Crippen molar-refractivity contribution < 1.29 is 9.18 Å². The third-order valence-electron chi connectivity index (χ3n) is 4.74. The Kier molecular flexibility index (Phi) is 4.59. The van der Waals surface area contributed by atoms with Crippen LogP contribution in [0.25, 0.3) is 0 Å².